The molecule has 0 amide bonds. The van der Waals surface area contributed by atoms with Crippen molar-refractivity contribution in [3.8, 4) is 0 Å². The van der Waals surface area contributed by atoms with Crippen molar-refractivity contribution in [1.82, 2.24) is 0 Å². The Morgan fingerprint density at radius 2 is 1.94 bits per heavy atom. The fraction of sp³-hybridized carbons (Fsp3) is 0.0833. The number of benzene rings is 1. The normalized spacial score (nSPS) is 11.7. The maximum absolute atomic E-state index is 10.8. The molecule has 0 bridgehead atoms. The summed E-state index contributed by atoms with van der Waals surface area (Å²) in [4.78, 5) is 17.7. The van der Waals surface area contributed by atoms with Gasteiger partial charge in [0.15, 0.2) is 0 Å². The maximum atomic E-state index is 10.8. The summed E-state index contributed by atoms with van der Waals surface area (Å²) in [6.07, 6.45) is 3.48. The van der Waals surface area contributed by atoms with Crippen LogP contribution < -0.4 is 0 Å². The average molecular weight is 339 g/mol. The van der Waals surface area contributed by atoms with Crippen molar-refractivity contribution in [1.29, 1.82) is 0 Å². The monoisotopic (exact) mass is 339 g/mol. The minimum absolute atomic E-state index is 0.228. The molecule has 1 aromatic rings. The molecule has 0 unspecified atom stereocenters. The van der Waals surface area contributed by atoms with Crippen molar-refractivity contribution in [2.45, 2.75) is 6.16 Å². The fourth-order valence-electron chi connectivity index (χ4n) is 1.31. The predicted octanol–water partition coefficient (Wildman–Crippen LogP) is 2.28. The Bertz CT molecular complexity index is 485. The van der Waals surface area contributed by atoms with Crippen LogP contribution >= 0.6 is 7.60 Å². The SMILES string of the molecule is C=C(/C=C\[CH]=[Rh])c1ccc(CP(=O)(O)O)cc1. The quantitative estimate of drug-likeness (QED) is 0.492. The van der Waals surface area contributed by atoms with E-state index < -0.39 is 7.60 Å². The van der Waals surface area contributed by atoms with E-state index in [0.717, 1.165) is 11.1 Å². The van der Waals surface area contributed by atoms with Crippen molar-refractivity contribution >= 4 is 17.8 Å². The first kappa shape index (κ1) is 14.4. The van der Waals surface area contributed by atoms with E-state index in [-0.39, 0.29) is 6.16 Å². The van der Waals surface area contributed by atoms with Gasteiger partial charge in [0.2, 0.25) is 0 Å². The van der Waals surface area contributed by atoms with Crippen LogP contribution in [0.5, 0.6) is 0 Å². The number of allylic oxidation sites excluding steroid dienone is 3. The first-order chi connectivity index (χ1) is 7.92. The van der Waals surface area contributed by atoms with Gasteiger partial charge < -0.3 is 0 Å². The second kappa shape index (κ2) is 6.32. The third kappa shape index (κ3) is 5.47. The van der Waals surface area contributed by atoms with E-state index in [0.29, 0.717) is 5.56 Å². The summed E-state index contributed by atoms with van der Waals surface area (Å²) in [6, 6.07) is 7.02. The van der Waals surface area contributed by atoms with E-state index in [4.69, 9.17) is 9.79 Å². The van der Waals surface area contributed by atoms with Gasteiger partial charge in [0, 0.05) is 0 Å². The summed E-state index contributed by atoms with van der Waals surface area (Å²) >= 11 is 2.65. The third-order valence-electron chi connectivity index (χ3n) is 2.07. The molecule has 3 nitrogen and oxygen atoms in total. The summed E-state index contributed by atoms with van der Waals surface area (Å²) < 4.78 is 12.6. The molecule has 1 aromatic carbocycles. The molecule has 1 rings (SSSR count). The van der Waals surface area contributed by atoms with Crippen LogP contribution in [0.25, 0.3) is 5.57 Å². The minimum atomic E-state index is -3.99. The molecule has 0 aliphatic carbocycles. The second-order valence-electron chi connectivity index (χ2n) is 3.52. The third-order valence-corrected chi connectivity index (χ3v) is 3.17. The van der Waals surface area contributed by atoms with Crippen LogP contribution in [0.4, 0.5) is 0 Å². The summed E-state index contributed by atoms with van der Waals surface area (Å²) in [6.45, 7) is 3.89. The van der Waals surface area contributed by atoms with Gasteiger partial charge in [-0.1, -0.05) is 0 Å². The van der Waals surface area contributed by atoms with Gasteiger partial charge in [0.05, 0.1) is 0 Å². The van der Waals surface area contributed by atoms with Crippen LogP contribution in [0, 0.1) is 0 Å². The van der Waals surface area contributed by atoms with Crippen molar-refractivity contribution in [2.75, 3.05) is 0 Å². The Morgan fingerprint density at radius 1 is 1.35 bits per heavy atom. The molecule has 0 saturated heterocycles. The van der Waals surface area contributed by atoms with Crippen LogP contribution in [-0.2, 0) is 28.6 Å². The van der Waals surface area contributed by atoms with Crippen molar-refractivity contribution in [3.63, 3.8) is 0 Å². The van der Waals surface area contributed by atoms with E-state index in [9.17, 15) is 4.57 Å². The van der Waals surface area contributed by atoms with E-state index in [1.807, 2.05) is 12.2 Å². The molecule has 0 aromatic heterocycles. The summed E-state index contributed by atoms with van der Waals surface area (Å²) in [7, 11) is -3.99. The molecule has 0 fully saturated rings. The molecule has 0 heterocycles. The van der Waals surface area contributed by atoms with E-state index in [1.54, 1.807) is 28.9 Å². The van der Waals surface area contributed by atoms with Gasteiger partial charge in [0.25, 0.3) is 0 Å². The molecule has 0 spiro atoms. The zero-order chi connectivity index (χ0) is 12.9. The summed E-state index contributed by atoms with van der Waals surface area (Å²) in [5, 5.41) is 0. The number of hydrogen-bond acceptors (Lipinski definition) is 1. The van der Waals surface area contributed by atoms with Gasteiger partial charge >= 0.3 is 110 Å². The van der Waals surface area contributed by atoms with Gasteiger partial charge in [-0.3, -0.25) is 0 Å². The van der Waals surface area contributed by atoms with Crippen LogP contribution in [0.2, 0.25) is 0 Å². The van der Waals surface area contributed by atoms with Crippen LogP contribution in [0.3, 0.4) is 0 Å². The van der Waals surface area contributed by atoms with Crippen LogP contribution in [0.1, 0.15) is 11.1 Å². The zero-order valence-corrected chi connectivity index (χ0v) is 11.6. The van der Waals surface area contributed by atoms with Gasteiger partial charge in [-0.15, -0.1) is 0 Å². The van der Waals surface area contributed by atoms with Gasteiger partial charge in [-0.2, -0.15) is 0 Å². The van der Waals surface area contributed by atoms with Crippen molar-refractivity contribution in [3.05, 3.63) is 54.1 Å². The first-order valence-electron chi connectivity index (χ1n) is 4.83. The first-order valence-corrected chi connectivity index (χ1v) is 7.57. The average Bonchev–Trinajstić information content (AvgIpc) is 2.24. The molecule has 17 heavy (non-hydrogen) atoms. The topological polar surface area (TPSA) is 57.5 Å². The van der Waals surface area contributed by atoms with Gasteiger partial charge in [-0.05, 0) is 0 Å². The van der Waals surface area contributed by atoms with Crippen molar-refractivity contribution < 1.29 is 32.2 Å². The van der Waals surface area contributed by atoms with Crippen molar-refractivity contribution in [2.24, 2.45) is 0 Å². The second-order valence-corrected chi connectivity index (χ2v) is 5.71. The molecule has 0 aliphatic rings. The summed E-state index contributed by atoms with van der Waals surface area (Å²) in [5.74, 6) is 0. The number of hydrogen-bond donors (Lipinski definition) is 2. The molecular weight excluding hydrogens is 326 g/mol. The van der Waals surface area contributed by atoms with Gasteiger partial charge in [-0.25, -0.2) is 0 Å². The molecular formula is C12H13O3PRh. The van der Waals surface area contributed by atoms with E-state index in [2.05, 4.69) is 24.4 Å². The summed E-state index contributed by atoms with van der Waals surface area (Å²) in [5.41, 5.74) is 2.40. The standard InChI is InChI=1S/C12H13O3P.Rh/c1-3-4-10(2)12-7-5-11(6-8-12)9-16(13,14)15;/h1,3-8H,2,9H2,(H2,13,14,15);/b4-3-;. The van der Waals surface area contributed by atoms with Crippen LogP contribution in [-0.4, -0.2) is 14.4 Å². The van der Waals surface area contributed by atoms with E-state index in [1.165, 1.54) is 0 Å². The molecule has 2 N–H and O–H groups in total. The fourth-order valence-corrected chi connectivity index (χ4v) is 2.15. The van der Waals surface area contributed by atoms with E-state index >= 15 is 0 Å². The zero-order valence-electron chi connectivity index (χ0n) is 9.04. The Kier molecular flexibility index (Phi) is 5.36. The molecule has 0 saturated carbocycles. The molecule has 0 aliphatic heterocycles. The molecule has 0 radical (unpaired) electrons. The Balaban J connectivity index is 2.81. The number of rotatable bonds is 5. The van der Waals surface area contributed by atoms with Gasteiger partial charge in [0.1, 0.15) is 0 Å². The van der Waals surface area contributed by atoms with Crippen LogP contribution in [0.15, 0.2) is 43.0 Å². The Hall–Kier alpha value is -0.657. The predicted molar refractivity (Wildman–Crippen MR) is 66.4 cm³/mol. The molecule has 5 heteroatoms. The molecule has 0 atom stereocenters. The Morgan fingerprint density at radius 3 is 2.41 bits per heavy atom. The Labute approximate surface area is 110 Å². The molecule has 93 valence electrons.